The van der Waals surface area contributed by atoms with Crippen molar-refractivity contribution in [1.29, 1.82) is 0 Å². The van der Waals surface area contributed by atoms with Crippen molar-refractivity contribution in [2.24, 2.45) is 0 Å². The van der Waals surface area contributed by atoms with Crippen LogP contribution in [-0.4, -0.2) is 0 Å². The van der Waals surface area contributed by atoms with E-state index in [1.54, 1.807) is 12.1 Å². The Kier molecular flexibility index (Phi) is 3.36. The molecule has 0 amide bonds. The summed E-state index contributed by atoms with van der Waals surface area (Å²) in [5.74, 6) is -0.550. The molecule has 0 spiro atoms. The molecule has 0 unspecified atom stereocenters. The van der Waals surface area contributed by atoms with Gasteiger partial charge in [0.2, 0.25) is 0 Å². The SMILES string of the molecule is [CH2]CCc1cc(Cl)c(F)c(Cl)c1. The van der Waals surface area contributed by atoms with Gasteiger partial charge < -0.3 is 0 Å². The van der Waals surface area contributed by atoms with Crippen LogP contribution in [0.5, 0.6) is 0 Å². The summed E-state index contributed by atoms with van der Waals surface area (Å²) in [5.41, 5.74) is 0.918. The summed E-state index contributed by atoms with van der Waals surface area (Å²) in [7, 11) is 0. The average Bonchev–Trinajstić information content (AvgIpc) is 2.01. The fraction of sp³-hybridized carbons (Fsp3) is 0.222. The van der Waals surface area contributed by atoms with Gasteiger partial charge in [-0.25, -0.2) is 4.39 Å². The minimum Gasteiger partial charge on any atom is -0.204 e. The fourth-order valence-electron chi connectivity index (χ4n) is 0.956. The van der Waals surface area contributed by atoms with Crippen LogP contribution in [0.25, 0.3) is 0 Å². The van der Waals surface area contributed by atoms with Crippen LogP contribution in [0.3, 0.4) is 0 Å². The van der Waals surface area contributed by atoms with Gasteiger partial charge in [-0.2, -0.15) is 0 Å². The average molecular weight is 206 g/mol. The maximum atomic E-state index is 12.9. The largest absolute Gasteiger partial charge is 0.204 e. The lowest BCUT2D eigenvalue weighted by Gasteiger charge is -2.02. The topological polar surface area (TPSA) is 0 Å². The zero-order chi connectivity index (χ0) is 9.14. The van der Waals surface area contributed by atoms with Crippen molar-refractivity contribution >= 4 is 23.2 Å². The van der Waals surface area contributed by atoms with Crippen molar-refractivity contribution in [3.63, 3.8) is 0 Å². The van der Waals surface area contributed by atoms with Gasteiger partial charge in [0.05, 0.1) is 10.0 Å². The molecule has 1 rings (SSSR count). The molecule has 0 aliphatic rings. The predicted molar refractivity (Wildman–Crippen MR) is 50.1 cm³/mol. The molecular weight excluding hydrogens is 198 g/mol. The summed E-state index contributed by atoms with van der Waals surface area (Å²) >= 11 is 11.1. The van der Waals surface area contributed by atoms with Crippen molar-refractivity contribution in [3.05, 3.63) is 40.5 Å². The monoisotopic (exact) mass is 205 g/mol. The second kappa shape index (κ2) is 4.11. The quantitative estimate of drug-likeness (QED) is 0.643. The molecule has 1 aromatic rings. The van der Waals surface area contributed by atoms with Gasteiger partial charge >= 0.3 is 0 Å². The molecule has 0 aliphatic heterocycles. The van der Waals surface area contributed by atoms with Gasteiger partial charge in [-0.15, -0.1) is 0 Å². The Morgan fingerprint density at radius 2 is 1.75 bits per heavy atom. The van der Waals surface area contributed by atoms with Crippen LogP contribution < -0.4 is 0 Å². The van der Waals surface area contributed by atoms with Crippen molar-refractivity contribution in [2.75, 3.05) is 0 Å². The number of rotatable bonds is 2. The standard InChI is InChI=1S/C9H8Cl2F/c1-2-3-6-4-7(10)9(12)8(11)5-6/h4-5H,1-3H2. The van der Waals surface area contributed by atoms with E-state index in [1.165, 1.54) is 0 Å². The molecule has 0 saturated heterocycles. The number of halogens is 3. The van der Waals surface area contributed by atoms with Gasteiger partial charge in [-0.05, 0) is 30.5 Å². The highest BCUT2D eigenvalue weighted by molar-refractivity contribution is 6.34. The third-order valence-electron chi connectivity index (χ3n) is 1.51. The van der Waals surface area contributed by atoms with E-state index < -0.39 is 5.82 Å². The van der Waals surface area contributed by atoms with Crippen molar-refractivity contribution < 1.29 is 4.39 Å². The van der Waals surface area contributed by atoms with E-state index in [9.17, 15) is 4.39 Å². The molecular formula is C9H8Cl2F. The number of benzene rings is 1. The Morgan fingerprint density at radius 1 is 1.25 bits per heavy atom. The van der Waals surface area contributed by atoms with Crippen LogP contribution in [0.1, 0.15) is 12.0 Å². The fourth-order valence-corrected chi connectivity index (χ4v) is 1.49. The van der Waals surface area contributed by atoms with E-state index in [-0.39, 0.29) is 10.0 Å². The van der Waals surface area contributed by atoms with Crippen molar-refractivity contribution in [2.45, 2.75) is 12.8 Å². The molecule has 12 heavy (non-hydrogen) atoms. The van der Waals surface area contributed by atoms with Gasteiger partial charge in [0.1, 0.15) is 0 Å². The van der Waals surface area contributed by atoms with Gasteiger partial charge in [0.15, 0.2) is 5.82 Å². The molecule has 1 aromatic carbocycles. The Morgan fingerprint density at radius 3 is 2.17 bits per heavy atom. The molecule has 1 radical (unpaired) electrons. The highest BCUT2D eigenvalue weighted by Gasteiger charge is 2.06. The molecule has 65 valence electrons. The minimum absolute atomic E-state index is 0.0750. The first-order chi connectivity index (χ1) is 5.65. The first-order valence-electron chi connectivity index (χ1n) is 3.58. The van der Waals surface area contributed by atoms with Crippen LogP contribution in [0.4, 0.5) is 4.39 Å². The lowest BCUT2D eigenvalue weighted by atomic mass is 10.1. The van der Waals surface area contributed by atoms with E-state index >= 15 is 0 Å². The van der Waals surface area contributed by atoms with Gasteiger partial charge in [-0.1, -0.05) is 30.1 Å². The maximum absolute atomic E-state index is 12.9. The second-order valence-electron chi connectivity index (χ2n) is 2.48. The summed E-state index contributed by atoms with van der Waals surface area (Å²) in [6.07, 6.45) is 1.51. The molecule has 0 N–H and O–H groups in total. The lowest BCUT2D eigenvalue weighted by Crippen LogP contribution is -1.87. The van der Waals surface area contributed by atoms with Crippen molar-refractivity contribution in [3.8, 4) is 0 Å². The molecule has 0 heterocycles. The first-order valence-corrected chi connectivity index (χ1v) is 4.33. The Bertz CT molecular complexity index is 261. The van der Waals surface area contributed by atoms with E-state index in [4.69, 9.17) is 23.2 Å². The summed E-state index contributed by atoms with van der Waals surface area (Å²) in [6, 6.07) is 3.15. The van der Waals surface area contributed by atoms with Gasteiger partial charge in [-0.3, -0.25) is 0 Å². The molecule has 0 fully saturated rings. The second-order valence-corrected chi connectivity index (χ2v) is 3.29. The maximum Gasteiger partial charge on any atom is 0.160 e. The number of aryl methyl sites for hydroxylation is 1. The summed E-state index contributed by atoms with van der Waals surface area (Å²) in [4.78, 5) is 0. The first kappa shape index (κ1) is 9.82. The van der Waals surface area contributed by atoms with Crippen LogP contribution in [-0.2, 0) is 6.42 Å². The third-order valence-corrected chi connectivity index (χ3v) is 2.06. The van der Waals surface area contributed by atoms with E-state index in [0.29, 0.717) is 0 Å². The highest BCUT2D eigenvalue weighted by Crippen LogP contribution is 2.25. The molecule has 0 nitrogen and oxygen atoms in total. The zero-order valence-corrected chi connectivity index (χ0v) is 7.92. The Hall–Kier alpha value is -0.270. The van der Waals surface area contributed by atoms with Crippen LogP contribution in [0.15, 0.2) is 12.1 Å². The Balaban J connectivity index is 3.04. The predicted octanol–water partition coefficient (Wildman–Crippen LogP) is 3.90. The number of hydrogen-bond donors (Lipinski definition) is 0. The van der Waals surface area contributed by atoms with Crippen LogP contribution in [0, 0.1) is 12.7 Å². The molecule has 0 aliphatic carbocycles. The van der Waals surface area contributed by atoms with Gasteiger partial charge in [0, 0.05) is 0 Å². The normalized spacial score (nSPS) is 10.3. The summed E-state index contributed by atoms with van der Waals surface area (Å²) < 4.78 is 12.9. The number of hydrogen-bond acceptors (Lipinski definition) is 0. The summed E-state index contributed by atoms with van der Waals surface area (Å²) in [5, 5.41) is 0.150. The molecule has 0 aromatic heterocycles. The van der Waals surface area contributed by atoms with Gasteiger partial charge in [0.25, 0.3) is 0 Å². The van der Waals surface area contributed by atoms with Crippen molar-refractivity contribution in [1.82, 2.24) is 0 Å². The van der Waals surface area contributed by atoms with Crippen LogP contribution >= 0.6 is 23.2 Å². The Labute approximate surface area is 81.3 Å². The molecule has 0 bridgehead atoms. The van der Waals surface area contributed by atoms with Crippen LogP contribution in [0.2, 0.25) is 10.0 Å². The third kappa shape index (κ3) is 2.11. The minimum atomic E-state index is -0.550. The summed E-state index contributed by atoms with van der Waals surface area (Å²) in [6.45, 7) is 3.68. The molecule has 0 atom stereocenters. The van der Waals surface area contributed by atoms with E-state index in [2.05, 4.69) is 6.92 Å². The smallest absolute Gasteiger partial charge is 0.160 e. The highest BCUT2D eigenvalue weighted by atomic mass is 35.5. The lowest BCUT2D eigenvalue weighted by molar-refractivity contribution is 0.628. The van der Waals surface area contributed by atoms with E-state index in [0.717, 1.165) is 18.4 Å². The van der Waals surface area contributed by atoms with E-state index in [1.807, 2.05) is 0 Å². The zero-order valence-electron chi connectivity index (χ0n) is 6.41. The molecule has 3 heteroatoms. The molecule has 0 saturated carbocycles.